The maximum Gasteiger partial charge on any atom is 0.182 e. The highest BCUT2D eigenvalue weighted by Crippen LogP contribution is 2.22. The minimum Gasteiger partial charge on any atom is -0.340 e. The molecule has 0 radical (unpaired) electrons. The minimum absolute atomic E-state index is 0.473. The molecule has 0 saturated heterocycles. The van der Waals surface area contributed by atoms with Crippen molar-refractivity contribution in [3.63, 3.8) is 0 Å². The molecular weight excluding hydrogens is 250 g/mol. The quantitative estimate of drug-likeness (QED) is 0.639. The van der Waals surface area contributed by atoms with Gasteiger partial charge in [-0.1, -0.05) is 26.0 Å². The minimum atomic E-state index is 0.473. The Labute approximate surface area is 118 Å². The van der Waals surface area contributed by atoms with E-state index in [-0.39, 0.29) is 0 Å². The Morgan fingerprint density at radius 1 is 1.20 bits per heavy atom. The molecule has 1 heterocycles. The Morgan fingerprint density at radius 3 is 2.55 bits per heavy atom. The van der Waals surface area contributed by atoms with Gasteiger partial charge in [0.2, 0.25) is 0 Å². The van der Waals surface area contributed by atoms with Gasteiger partial charge in [0.05, 0.1) is 0 Å². The Hall–Kier alpha value is -2.61. The zero-order valence-corrected chi connectivity index (χ0v) is 11.6. The van der Waals surface area contributed by atoms with Crippen LogP contribution in [0.25, 0.3) is 0 Å². The van der Waals surface area contributed by atoms with Gasteiger partial charge in [-0.25, -0.2) is 9.97 Å². The standard InChI is InChI=1S/C15H17N5/c1-3-11(2)12-4-6-13(7-5-12)20-15-8-14(17-9-16)18-10-19-15/h4-8,10-11H,3H2,1-2H3,(H2,17,18,19,20). The van der Waals surface area contributed by atoms with Crippen molar-refractivity contribution >= 4 is 17.3 Å². The zero-order valence-electron chi connectivity index (χ0n) is 11.6. The summed E-state index contributed by atoms with van der Waals surface area (Å²) in [4.78, 5) is 8.05. The number of nitriles is 1. The normalized spacial score (nSPS) is 11.4. The van der Waals surface area contributed by atoms with E-state index in [0.717, 1.165) is 12.1 Å². The summed E-state index contributed by atoms with van der Waals surface area (Å²) < 4.78 is 0. The number of anilines is 3. The molecule has 2 rings (SSSR count). The smallest absolute Gasteiger partial charge is 0.182 e. The highest BCUT2D eigenvalue weighted by molar-refractivity contribution is 5.59. The van der Waals surface area contributed by atoms with Crippen LogP contribution in [0, 0.1) is 11.5 Å². The summed E-state index contributed by atoms with van der Waals surface area (Å²) in [6.07, 6.45) is 4.37. The summed E-state index contributed by atoms with van der Waals surface area (Å²) in [6.45, 7) is 4.40. The van der Waals surface area contributed by atoms with Crippen molar-refractivity contribution in [1.29, 1.82) is 5.26 Å². The molecule has 0 aliphatic heterocycles. The number of aromatic nitrogens is 2. The molecule has 0 aliphatic carbocycles. The molecule has 102 valence electrons. The van der Waals surface area contributed by atoms with E-state index in [2.05, 4.69) is 46.6 Å². The lowest BCUT2D eigenvalue weighted by molar-refractivity contribution is 0.734. The van der Waals surface area contributed by atoms with Gasteiger partial charge >= 0.3 is 0 Å². The maximum atomic E-state index is 8.56. The first-order valence-electron chi connectivity index (χ1n) is 6.57. The van der Waals surface area contributed by atoms with E-state index in [4.69, 9.17) is 5.26 Å². The highest BCUT2D eigenvalue weighted by atomic mass is 15.1. The fourth-order valence-corrected chi connectivity index (χ4v) is 1.83. The van der Waals surface area contributed by atoms with Gasteiger partial charge in [-0.2, -0.15) is 5.26 Å². The lowest BCUT2D eigenvalue weighted by atomic mass is 9.99. The fraction of sp³-hybridized carbons (Fsp3) is 0.267. The zero-order chi connectivity index (χ0) is 14.4. The van der Waals surface area contributed by atoms with Crippen LogP contribution in [0.3, 0.4) is 0 Å². The lowest BCUT2D eigenvalue weighted by Gasteiger charge is -2.11. The van der Waals surface area contributed by atoms with Gasteiger partial charge in [-0.15, -0.1) is 0 Å². The summed E-state index contributed by atoms with van der Waals surface area (Å²) >= 11 is 0. The van der Waals surface area contributed by atoms with E-state index in [1.54, 1.807) is 6.07 Å². The third-order valence-corrected chi connectivity index (χ3v) is 3.22. The second-order valence-corrected chi connectivity index (χ2v) is 4.58. The fourth-order valence-electron chi connectivity index (χ4n) is 1.83. The van der Waals surface area contributed by atoms with Crippen LogP contribution >= 0.6 is 0 Å². The highest BCUT2D eigenvalue weighted by Gasteiger charge is 2.03. The van der Waals surface area contributed by atoms with Crippen molar-refractivity contribution in [2.24, 2.45) is 0 Å². The monoisotopic (exact) mass is 267 g/mol. The molecule has 2 aromatic rings. The summed E-state index contributed by atoms with van der Waals surface area (Å²) in [7, 11) is 0. The van der Waals surface area contributed by atoms with Crippen LogP contribution in [0.5, 0.6) is 0 Å². The SMILES string of the molecule is CCC(C)c1ccc(Nc2cc(NC#N)ncn2)cc1. The second-order valence-electron chi connectivity index (χ2n) is 4.58. The molecule has 20 heavy (non-hydrogen) atoms. The number of hydrogen-bond acceptors (Lipinski definition) is 5. The van der Waals surface area contributed by atoms with Gasteiger partial charge in [-0.05, 0) is 30.0 Å². The summed E-state index contributed by atoms with van der Waals surface area (Å²) in [5.74, 6) is 1.68. The van der Waals surface area contributed by atoms with Crippen LogP contribution < -0.4 is 10.6 Å². The van der Waals surface area contributed by atoms with Crippen molar-refractivity contribution in [2.45, 2.75) is 26.2 Å². The van der Waals surface area contributed by atoms with Gasteiger partial charge in [0.1, 0.15) is 18.0 Å². The van der Waals surface area contributed by atoms with Crippen LogP contribution in [0.2, 0.25) is 0 Å². The Morgan fingerprint density at radius 2 is 1.90 bits per heavy atom. The first kappa shape index (κ1) is 13.8. The van der Waals surface area contributed by atoms with Gasteiger partial charge in [-0.3, -0.25) is 5.32 Å². The molecule has 0 fully saturated rings. The Balaban J connectivity index is 2.10. The van der Waals surface area contributed by atoms with E-state index in [1.807, 2.05) is 18.3 Å². The maximum absolute atomic E-state index is 8.56. The number of rotatable bonds is 5. The van der Waals surface area contributed by atoms with E-state index in [1.165, 1.54) is 11.9 Å². The van der Waals surface area contributed by atoms with Crippen LogP contribution in [-0.4, -0.2) is 9.97 Å². The van der Waals surface area contributed by atoms with Gasteiger partial charge < -0.3 is 5.32 Å². The first-order chi connectivity index (χ1) is 9.72. The van der Waals surface area contributed by atoms with Gasteiger partial charge in [0, 0.05) is 11.8 Å². The third kappa shape index (κ3) is 3.45. The molecule has 0 bridgehead atoms. The summed E-state index contributed by atoms with van der Waals surface area (Å²) in [5, 5.41) is 14.2. The molecule has 1 aromatic carbocycles. The van der Waals surface area contributed by atoms with E-state index >= 15 is 0 Å². The number of nitrogens with one attached hydrogen (secondary N) is 2. The molecule has 0 amide bonds. The molecule has 5 heteroatoms. The number of benzene rings is 1. The summed E-state index contributed by atoms with van der Waals surface area (Å²) in [6, 6.07) is 9.98. The van der Waals surface area contributed by atoms with E-state index in [0.29, 0.717) is 17.6 Å². The molecule has 1 atom stereocenters. The topological polar surface area (TPSA) is 73.6 Å². The Kier molecular flexibility index (Phi) is 4.51. The van der Waals surface area contributed by atoms with E-state index < -0.39 is 0 Å². The summed E-state index contributed by atoms with van der Waals surface area (Å²) in [5.41, 5.74) is 2.28. The third-order valence-electron chi connectivity index (χ3n) is 3.22. The Bertz CT molecular complexity index is 600. The van der Waals surface area contributed by atoms with Crippen molar-refractivity contribution < 1.29 is 0 Å². The number of hydrogen-bond donors (Lipinski definition) is 2. The average molecular weight is 267 g/mol. The van der Waals surface area contributed by atoms with Crippen molar-refractivity contribution in [3.8, 4) is 6.19 Å². The van der Waals surface area contributed by atoms with Gasteiger partial charge in [0.15, 0.2) is 6.19 Å². The van der Waals surface area contributed by atoms with Crippen LogP contribution in [0.15, 0.2) is 36.7 Å². The van der Waals surface area contributed by atoms with Crippen LogP contribution in [0.1, 0.15) is 31.7 Å². The molecule has 1 unspecified atom stereocenters. The molecule has 2 N–H and O–H groups in total. The first-order valence-corrected chi connectivity index (χ1v) is 6.57. The molecule has 0 spiro atoms. The average Bonchev–Trinajstić information content (AvgIpc) is 2.48. The predicted molar refractivity (Wildman–Crippen MR) is 79.7 cm³/mol. The largest absolute Gasteiger partial charge is 0.340 e. The second kappa shape index (κ2) is 6.53. The molecular formula is C15H17N5. The molecule has 1 aromatic heterocycles. The predicted octanol–water partition coefficient (Wildman–Crippen LogP) is 3.63. The molecule has 5 nitrogen and oxygen atoms in total. The van der Waals surface area contributed by atoms with Crippen LogP contribution in [-0.2, 0) is 0 Å². The van der Waals surface area contributed by atoms with Gasteiger partial charge in [0.25, 0.3) is 0 Å². The van der Waals surface area contributed by atoms with Crippen LogP contribution in [0.4, 0.5) is 17.3 Å². The molecule has 0 saturated carbocycles. The van der Waals surface area contributed by atoms with Crippen molar-refractivity contribution in [3.05, 3.63) is 42.2 Å². The lowest BCUT2D eigenvalue weighted by Crippen LogP contribution is -1.98. The van der Waals surface area contributed by atoms with E-state index in [9.17, 15) is 0 Å². The van der Waals surface area contributed by atoms with Crippen molar-refractivity contribution in [2.75, 3.05) is 10.6 Å². The number of nitrogens with zero attached hydrogens (tertiary/aromatic N) is 3. The van der Waals surface area contributed by atoms with Crippen molar-refractivity contribution in [1.82, 2.24) is 9.97 Å². The molecule has 0 aliphatic rings.